The normalized spacial score (nSPS) is 16.5. The Balaban J connectivity index is 1.39. The third-order valence-electron chi connectivity index (χ3n) is 4.88. The van der Waals surface area contributed by atoms with Crippen LogP contribution in [0.15, 0.2) is 58.8 Å². The summed E-state index contributed by atoms with van der Waals surface area (Å²) < 4.78 is 11.5. The maximum absolute atomic E-state index is 12.4. The van der Waals surface area contributed by atoms with E-state index in [0.717, 1.165) is 11.3 Å². The summed E-state index contributed by atoms with van der Waals surface area (Å²) in [6.07, 6.45) is 3.16. The van der Waals surface area contributed by atoms with Gasteiger partial charge in [-0.2, -0.15) is 4.99 Å². The molecule has 0 fully saturated rings. The number of aryl methyl sites for hydroxylation is 2. The third-order valence-corrected chi connectivity index (χ3v) is 5.17. The summed E-state index contributed by atoms with van der Waals surface area (Å²) >= 11 is 6.36. The van der Waals surface area contributed by atoms with Crippen molar-refractivity contribution in [3.05, 3.63) is 75.5 Å². The Hall–Kier alpha value is -3.58. The number of hydrogen-bond acceptors (Lipinski definition) is 5. The van der Waals surface area contributed by atoms with Crippen LogP contribution in [0.3, 0.4) is 0 Å². The Kier molecular flexibility index (Phi) is 6.01. The minimum atomic E-state index is -0.504. The highest BCUT2D eigenvalue weighted by atomic mass is 35.5. The topological polar surface area (TPSA) is 84.2 Å². The number of nitrogens with zero attached hydrogens (tertiary/aromatic N) is 2. The van der Waals surface area contributed by atoms with Gasteiger partial charge >= 0.3 is 0 Å². The summed E-state index contributed by atoms with van der Waals surface area (Å²) in [5, 5.41) is 9.88. The lowest BCUT2D eigenvalue weighted by Crippen LogP contribution is -2.38. The molecule has 0 saturated heterocycles. The van der Waals surface area contributed by atoms with Crippen LogP contribution in [-0.4, -0.2) is 35.9 Å². The number of hydrogen-bond donors (Lipinski definition) is 1. The fraction of sp³-hybridized carbons (Fsp3) is 0.208. The number of aliphatic imine (C=N–C) groups is 1. The fourth-order valence-corrected chi connectivity index (χ4v) is 3.60. The molecule has 2 aliphatic rings. The monoisotopic (exact) mass is 451 g/mol. The molecule has 0 radical (unpaired) electrons. The van der Waals surface area contributed by atoms with Crippen LogP contribution in [0, 0.1) is 19.3 Å². The first-order valence-electron chi connectivity index (χ1n) is 10.0. The maximum atomic E-state index is 12.4. The molecular formula is C24H22ClN3O4. The Morgan fingerprint density at radius 2 is 1.81 bits per heavy atom. The predicted octanol–water partition coefficient (Wildman–Crippen LogP) is 4.87. The first kappa shape index (κ1) is 21.6. The number of carbonyl (C=O) groups is 1. The predicted molar refractivity (Wildman–Crippen MR) is 123 cm³/mol. The third kappa shape index (κ3) is 4.53. The molecule has 0 atom stereocenters. The molecule has 0 unspecified atom stereocenters. The minimum Gasteiger partial charge on any atom is -0.490 e. The van der Waals surface area contributed by atoms with E-state index < -0.39 is 5.91 Å². The van der Waals surface area contributed by atoms with Crippen LogP contribution in [-0.2, 0) is 9.63 Å². The molecule has 0 saturated carbocycles. The average molecular weight is 452 g/mol. The Bertz CT molecular complexity index is 1200. The van der Waals surface area contributed by atoms with Crippen molar-refractivity contribution >= 4 is 35.3 Å². The molecule has 0 bridgehead atoms. The quantitative estimate of drug-likeness (QED) is 0.500. The van der Waals surface area contributed by atoms with E-state index in [0.29, 0.717) is 41.1 Å². The molecule has 164 valence electrons. The van der Waals surface area contributed by atoms with Gasteiger partial charge in [-0.3, -0.25) is 10.2 Å². The molecule has 0 aliphatic carbocycles. The van der Waals surface area contributed by atoms with Crippen LogP contribution >= 0.6 is 11.6 Å². The van der Waals surface area contributed by atoms with Crippen LogP contribution in [0.5, 0.6) is 11.5 Å². The smallest absolute Gasteiger partial charge is 0.282 e. The number of halogens is 1. The van der Waals surface area contributed by atoms with E-state index in [1.165, 1.54) is 10.6 Å². The van der Waals surface area contributed by atoms with Crippen LogP contribution in [0.25, 0.3) is 6.08 Å². The highest BCUT2D eigenvalue weighted by Crippen LogP contribution is 2.28. The first-order valence-corrected chi connectivity index (χ1v) is 10.4. The SMILES string of the molecule is CC1=CC2=NC(=O)/C(=C/c3ccc(OCCOc4ccc(C)cc4C)c(Cl)c3)C(=N)N2O1. The molecule has 7 nitrogen and oxygen atoms in total. The summed E-state index contributed by atoms with van der Waals surface area (Å²) in [7, 11) is 0. The minimum absolute atomic E-state index is 0.0758. The number of rotatable bonds is 6. The lowest BCUT2D eigenvalue weighted by Gasteiger charge is -2.23. The van der Waals surface area contributed by atoms with Gasteiger partial charge < -0.3 is 14.3 Å². The van der Waals surface area contributed by atoms with Crippen molar-refractivity contribution in [1.29, 1.82) is 5.41 Å². The summed E-state index contributed by atoms with van der Waals surface area (Å²) in [6, 6.07) is 11.2. The van der Waals surface area contributed by atoms with E-state index in [9.17, 15) is 4.79 Å². The van der Waals surface area contributed by atoms with Gasteiger partial charge in [-0.1, -0.05) is 35.4 Å². The highest BCUT2D eigenvalue weighted by molar-refractivity contribution is 6.33. The van der Waals surface area contributed by atoms with Gasteiger partial charge in [0.15, 0.2) is 11.7 Å². The Morgan fingerprint density at radius 3 is 2.53 bits per heavy atom. The molecule has 2 aromatic rings. The lowest BCUT2D eigenvalue weighted by molar-refractivity contribution is -0.114. The molecule has 8 heteroatoms. The second kappa shape index (κ2) is 8.88. The van der Waals surface area contributed by atoms with E-state index in [2.05, 4.69) is 11.1 Å². The summed E-state index contributed by atoms with van der Waals surface area (Å²) in [4.78, 5) is 21.8. The van der Waals surface area contributed by atoms with E-state index >= 15 is 0 Å². The van der Waals surface area contributed by atoms with Gasteiger partial charge in [0, 0.05) is 6.08 Å². The van der Waals surface area contributed by atoms with Gasteiger partial charge in [0.05, 0.1) is 10.6 Å². The number of amidine groups is 2. The van der Waals surface area contributed by atoms with Gasteiger partial charge in [-0.25, -0.2) is 0 Å². The maximum Gasteiger partial charge on any atom is 0.282 e. The standard InChI is InChI=1S/C24H22ClN3O4/c1-14-4-6-20(15(2)10-14)30-8-9-31-21-7-5-17(13-19(21)25)12-18-23(26)28-22(27-24(18)29)11-16(3)32-28/h4-7,10-13,26H,8-9H2,1-3H3/b18-12+,26-23?. The van der Waals surface area contributed by atoms with Gasteiger partial charge in [-0.05, 0) is 56.2 Å². The largest absolute Gasteiger partial charge is 0.490 e. The number of fused-ring (bicyclic) bond motifs is 1. The number of nitrogens with one attached hydrogen (secondary N) is 1. The molecule has 2 aromatic carbocycles. The van der Waals surface area contributed by atoms with Crippen molar-refractivity contribution < 1.29 is 19.1 Å². The lowest BCUT2D eigenvalue weighted by atomic mass is 10.1. The molecule has 32 heavy (non-hydrogen) atoms. The van der Waals surface area contributed by atoms with Crippen molar-refractivity contribution in [2.45, 2.75) is 20.8 Å². The first-order chi connectivity index (χ1) is 15.3. The summed E-state index contributed by atoms with van der Waals surface area (Å²) in [6.45, 7) is 6.47. The van der Waals surface area contributed by atoms with Crippen molar-refractivity contribution in [3.8, 4) is 11.5 Å². The molecule has 4 rings (SSSR count). The molecule has 1 amide bonds. The van der Waals surface area contributed by atoms with Gasteiger partial charge in [0.25, 0.3) is 5.91 Å². The van der Waals surface area contributed by atoms with Gasteiger partial charge in [0.2, 0.25) is 0 Å². The summed E-state index contributed by atoms with van der Waals surface area (Å²) in [5.41, 5.74) is 3.02. The average Bonchev–Trinajstić information content (AvgIpc) is 3.11. The number of hydroxylamine groups is 2. The molecule has 0 spiro atoms. The van der Waals surface area contributed by atoms with E-state index in [-0.39, 0.29) is 11.4 Å². The van der Waals surface area contributed by atoms with Crippen LogP contribution in [0.1, 0.15) is 23.6 Å². The van der Waals surface area contributed by atoms with Crippen molar-refractivity contribution in [2.75, 3.05) is 13.2 Å². The number of benzene rings is 2. The number of allylic oxidation sites excluding steroid dienone is 1. The fourth-order valence-electron chi connectivity index (χ4n) is 3.36. The zero-order valence-electron chi connectivity index (χ0n) is 17.9. The van der Waals surface area contributed by atoms with Crippen molar-refractivity contribution in [1.82, 2.24) is 5.06 Å². The van der Waals surface area contributed by atoms with Gasteiger partial charge in [0.1, 0.15) is 30.5 Å². The van der Waals surface area contributed by atoms with E-state index in [4.69, 9.17) is 31.3 Å². The zero-order chi connectivity index (χ0) is 22.8. The number of ether oxygens (including phenoxy) is 2. The molecule has 2 aliphatic heterocycles. The van der Waals surface area contributed by atoms with Crippen LogP contribution in [0.2, 0.25) is 5.02 Å². The second-order valence-corrected chi connectivity index (χ2v) is 7.89. The Morgan fingerprint density at radius 1 is 1.09 bits per heavy atom. The summed E-state index contributed by atoms with van der Waals surface area (Å²) in [5.74, 6) is 1.62. The Labute approximate surface area is 191 Å². The second-order valence-electron chi connectivity index (χ2n) is 7.48. The number of amides is 1. The van der Waals surface area contributed by atoms with Crippen LogP contribution < -0.4 is 9.47 Å². The van der Waals surface area contributed by atoms with E-state index in [1.807, 2.05) is 26.0 Å². The van der Waals surface area contributed by atoms with Crippen molar-refractivity contribution in [3.63, 3.8) is 0 Å². The van der Waals surface area contributed by atoms with E-state index in [1.54, 1.807) is 37.3 Å². The zero-order valence-corrected chi connectivity index (χ0v) is 18.7. The molecular weight excluding hydrogens is 430 g/mol. The highest BCUT2D eigenvalue weighted by Gasteiger charge is 2.34. The molecule has 1 N–H and O–H groups in total. The molecule has 0 aromatic heterocycles. The van der Waals surface area contributed by atoms with Crippen molar-refractivity contribution in [2.24, 2.45) is 4.99 Å². The molecule has 2 heterocycles. The van der Waals surface area contributed by atoms with Crippen LogP contribution in [0.4, 0.5) is 0 Å². The van der Waals surface area contributed by atoms with Gasteiger partial charge in [-0.15, -0.1) is 5.06 Å². The number of carbonyl (C=O) groups excluding carboxylic acids is 1.